The molecule has 0 spiro atoms. The van der Waals surface area contributed by atoms with Crippen LogP contribution in [0.25, 0.3) is 0 Å². The maximum Gasteiger partial charge on any atom is 0.326 e. The number of hydrogen-bond acceptors (Lipinski definition) is 7. The highest BCUT2D eigenvalue weighted by molar-refractivity contribution is 6.07. The fourth-order valence-electron chi connectivity index (χ4n) is 3.81. The quantitative estimate of drug-likeness (QED) is 0.539. The lowest BCUT2D eigenvalue weighted by Crippen LogP contribution is -2.37. The number of nitrogens with zero attached hydrogens (tertiary/aromatic N) is 1. The summed E-state index contributed by atoms with van der Waals surface area (Å²) >= 11 is 0. The molecule has 156 valence electrons. The second kappa shape index (κ2) is 8.93. The molecule has 1 saturated heterocycles. The minimum absolute atomic E-state index is 0.317. The first kappa shape index (κ1) is 20.6. The Morgan fingerprint density at radius 1 is 1.07 bits per heavy atom. The van der Waals surface area contributed by atoms with Gasteiger partial charge in [0.25, 0.3) is 5.91 Å². The van der Waals surface area contributed by atoms with E-state index in [1.807, 2.05) is 0 Å². The fourth-order valence-corrected chi connectivity index (χ4v) is 3.81. The third-order valence-electron chi connectivity index (χ3n) is 5.26. The number of methoxy groups -OCH3 is 2. The molecule has 9 nitrogen and oxygen atoms in total. The second-order valence-corrected chi connectivity index (χ2v) is 7.04. The van der Waals surface area contributed by atoms with Gasteiger partial charge in [-0.05, 0) is 25.0 Å². The zero-order valence-corrected chi connectivity index (χ0v) is 16.4. The molecule has 0 radical (unpaired) electrons. The molecule has 1 aromatic rings. The van der Waals surface area contributed by atoms with Gasteiger partial charge in [0.2, 0.25) is 11.8 Å². The third kappa shape index (κ3) is 4.49. The molecular formula is C20H24N2O7. The molecule has 29 heavy (non-hydrogen) atoms. The van der Waals surface area contributed by atoms with Gasteiger partial charge in [0.15, 0.2) is 6.61 Å². The molecule has 9 heteroatoms. The van der Waals surface area contributed by atoms with E-state index in [0.29, 0.717) is 30.0 Å². The zero-order valence-electron chi connectivity index (χ0n) is 16.4. The van der Waals surface area contributed by atoms with Gasteiger partial charge in [-0.2, -0.15) is 0 Å². The van der Waals surface area contributed by atoms with Gasteiger partial charge in [-0.25, -0.2) is 0 Å². The van der Waals surface area contributed by atoms with Crippen LogP contribution in [0.1, 0.15) is 25.7 Å². The minimum Gasteiger partial charge on any atom is -0.497 e. The summed E-state index contributed by atoms with van der Waals surface area (Å²) in [6.07, 6.45) is 3.16. The molecule has 0 bridgehead atoms. The van der Waals surface area contributed by atoms with Gasteiger partial charge in [-0.15, -0.1) is 0 Å². The molecule has 2 aliphatic rings. The van der Waals surface area contributed by atoms with Crippen molar-refractivity contribution in [3.63, 3.8) is 0 Å². The Morgan fingerprint density at radius 3 is 2.31 bits per heavy atom. The number of rotatable bonds is 7. The molecule has 1 heterocycles. The Labute approximate surface area is 168 Å². The minimum atomic E-state index is -0.807. The summed E-state index contributed by atoms with van der Waals surface area (Å²) < 4.78 is 15.2. The summed E-state index contributed by atoms with van der Waals surface area (Å²) in [5.41, 5.74) is 0.363. The number of esters is 1. The Morgan fingerprint density at radius 2 is 1.72 bits per heavy atom. The molecule has 1 aliphatic heterocycles. The number of amides is 3. The Balaban J connectivity index is 1.52. The van der Waals surface area contributed by atoms with E-state index >= 15 is 0 Å². The van der Waals surface area contributed by atoms with Crippen LogP contribution in [0.3, 0.4) is 0 Å². The highest BCUT2D eigenvalue weighted by Gasteiger charge is 2.48. The standard InChI is InChI=1S/C20H24N2O7/c1-27-12-7-8-16(28-2)15(9-12)21-17(23)11-29-18(24)10-22-19(25)13-5-3-4-6-14(13)20(22)26/h7-9,13-14H,3-6,10-11H2,1-2H3,(H,21,23). The van der Waals surface area contributed by atoms with Crippen molar-refractivity contribution in [1.29, 1.82) is 0 Å². The molecular weight excluding hydrogens is 380 g/mol. The topological polar surface area (TPSA) is 111 Å². The van der Waals surface area contributed by atoms with E-state index in [0.717, 1.165) is 17.7 Å². The second-order valence-electron chi connectivity index (χ2n) is 7.04. The number of likely N-dealkylation sites (tertiary alicyclic amines) is 1. The third-order valence-corrected chi connectivity index (χ3v) is 5.26. The molecule has 0 aromatic heterocycles. The van der Waals surface area contributed by atoms with E-state index in [-0.39, 0.29) is 23.7 Å². The summed E-state index contributed by atoms with van der Waals surface area (Å²) in [5.74, 6) is -1.74. The van der Waals surface area contributed by atoms with Crippen LogP contribution in [0.2, 0.25) is 0 Å². The first-order valence-electron chi connectivity index (χ1n) is 9.47. The monoisotopic (exact) mass is 404 g/mol. The molecule has 2 unspecified atom stereocenters. The average Bonchev–Trinajstić information content (AvgIpc) is 2.97. The molecule has 1 aromatic carbocycles. The SMILES string of the molecule is COc1ccc(OC)c(NC(=O)COC(=O)CN2C(=O)C3CCCCC3C2=O)c1. The first-order chi connectivity index (χ1) is 13.9. The Bertz CT molecular complexity index is 799. The number of fused-ring (bicyclic) bond motifs is 1. The highest BCUT2D eigenvalue weighted by Crippen LogP contribution is 2.37. The number of ether oxygens (including phenoxy) is 3. The molecule has 2 fully saturated rings. The van der Waals surface area contributed by atoms with Crippen LogP contribution in [0.15, 0.2) is 18.2 Å². The lowest BCUT2D eigenvalue weighted by molar-refractivity contribution is -0.154. The van der Waals surface area contributed by atoms with E-state index < -0.39 is 25.0 Å². The van der Waals surface area contributed by atoms with Crippen molar-refractivity contribution < 1.29 is 33.4 Å². The predicted octanol–water partition coefficient (Wildman–Crippen LogP) is 1.36. The molecule has 1 N–H and O–H groups in total. The summed E-state index contributed by atoms with van der Waals surface area (Å²) in [6, 6.07) is 4.88. The van der Waals surface area contributed by atoms with Crippen molar-refractivity contribution in [2.75, 3.05) is 32.7 Å². The van der Waals surface area contributed by atoms with Gasteiger partial charge in [0.05, 0.1) is 31.7 Å². The molecule has 3 amide bonds. The normalized spacial score (nSPS) is 20.8. The van der Waals surface area contributed by atoms with Crippen LogP contribution < -0.4 is 14.8 Å². The van der Waals surface area contributed by atoms with Gasteiger partial charge in [0, 0.05) is 6.07 Å². The van der Waals surface area contributed by atoms with Crippen molar-refractivity contribution >= 4 is 29.4 Å². The number of benzene rings is 1. The number of imide groups is 1. The van der Waals surface area contributed by atoms with Crippen molar-refractivity contribution in [2.45, 2.75) is 25.7 Å². The van der Waals surface area contributed by atoms with Crippen LogP contribution in [0.5, 0.6) is 11.5 Å². The van der Waals surface area contributed by atoms with E-state index in [4.69, 9.17) is 14.2 Å². The fraction of sp³-hybridized carbons (Fsp3) is 0.500. The smallest absolute Gasteiger partial charge is 0.326 e. The van der Waals surface area contributed by atoms with Crippen molar-refractivity contribution in [2.24, 2.45) is 11.8 Å². The molecule has 3 rings (SSSR count). The van der Waals surface area contributed by atoms with Crippen LogP contribution in [0, 0.1) is 11.8 Å². The van der Waals surface area contributed by atoms with Crippen molar-refractivity contribution in [3.05, 3.63) is 18.2 Å². The van der Waals surface area contributed by atoms with Crippen LogP contribution >= 0.6 is 0 Å². The van der Waals surface area contributed by atoms with Gasteiger partial charge in [0.1, 0.15) is 18.0 Å². The molecule has 2 atom stereocenters. The van der Waals surface area contributed by atoms with Crippen LogP contribution in [-0.4, -0.2) is 56.0 Å². The number of anilines is 1. The van der Waals surface area contributed by atoms with Crippen LogP contribution in [-0.2, 0) is 23.9 Å². The lowest BCUT2D eigenvalue weighted by atomic mass is 9.81. The van der Waals surface area contributed by atoms with E-state index in [1.54, 1.807) is 18.2 Å². The number of hydrogen-bond donors (Lipinski definition) is 1. The summed E-state index contributed by atoms with van der Waals surface area (Å²) in [4.78, 5) is 49.9. The molecule has 1 aliphatic carbocycles. The maximum absolute atomic E-state index is 12.4. The van der Waals surface area contributed by atoms with E-state index in [2.05, 4.69) is 5.32 Å². The summed E-state index contributed by atoms with van der Waals surface area (Å²) in [5, 5.41) is 2.57. The van der Waals surface area contributed by atoms with Gasteiger partial charge in [-0.3, -0.25) is 24.1 Å². The lowest BCUT2D eigenvalue weighted by Gasteiger charge is -2.19. The Hall–Kier alpha value is -3.10. The van der Waals surface area contributed by atoms with Gasteiger partial charge >= 0.3 is 5.97 Å². The van der Waals surface area contributed by atoms with Gasteiger partial charge in [-0.1, -0.05) is 12.8 Å². The number of carbonyl (C=O) groups excluding carboxylic acids is 4. The van der Waals surface area contributed by atoms with Crippen LogP contribution in [0.4, 0.5) is 5.69 Å². The van der Waals surface area contributed by atoms with E-state index in [9.17, 15) is 19.2 Å². The number of nitrogens with one attached hydrogen (secondary N) is 1. The van der Waals surface area contributed by atoms with Crippen molar-refractivity contribution in [1.82, 2.24) is 4.90 Å². The number of carbonyl (C=O) groups is 4. The molecule has 1 saturated carbocycles. The summed E-state index contributed by atoms with van der Waals surface area (Å²) in [7, 11) is 2.95. The largest absolute Gasteiger partial charge is 0.497 e. The summed E-state index contributed by atoms with van der Waals surface area (Å²) in [6.45, 7) is -1.03. The van der Waals surface area contributed by atoms with Gasteiger partial charge < -0.3 is 19.5 Å². The van der Waals surface area contributed by atoms with Crippen molar-refractivity contribution in [3.8, 4) is 11.5 Å². The highest BCUT2D eigenvalue weighted by atomic mass is 16.5. The first-order valence-corrected chi connectivity index (χ1v) is 9.47. The maximum atomic E-state index is 12.4. The average molecular weight is 404 g/mol. The van der Waals surface area contributed by atoms with E-state index in [1.165, 1.54) is 14.2 Å². The zero-order chi connectivity index (χ0) is 21.0. The predicted molar refractivity (Wildman–Crippen MR) is 101 cm³/mol. The Kier molecular flexibility index (Phi) is 6.36.